The summed E-state index contributed by atoms with van der Waals surface area (Å²) in [4.78, 5) is 30.0. The lowest BCUT2D eigenvalue weighted by Gasteiger charge is -2.32. The molecule has 5 rings (SSSR count). The molecule has 1 atom stereocenters. The van der Waals surface area contributed by atoms with Gasteiger partial charge in [0.2, 0.25) is 0 Å². The zero-order valence-corrected chi connectivity index (χ0v) is 27.0. The molecule has 0 aliphatic carbocycles. The fraction of sp³-hybridized carbons (Fsp3) is 0.382. The number of hydrogen-bond acceptors (Lipinski definition) is 7. The zero-order chi connectivity index (χ0) is 31.4. The Bertz CT molecular complexity index is 1780. The molecule has 0 radical (unpaired) electrons. The van der Waals surface area contributed by atoms with Gasteiger partial charge in [-0.15, -0.1) is 0 Å². The highest BCUT2D eigenvalue weighted by Gasteiger charge is 2.52. The highest BCUT2D eigenvalue weighted by Crippen LogP contribution is 2.38. The van der Waals surface area contributed by atoms with E-state index in [2.05, 4.69) is 10.3 Å². The van der Waals surface area contributed by atoms with Gasteiger partial charge in [0, 0.05) is 28.2 Å². The summed E-state index contributed by atoms with van der Waals surface area (Å²) in [5, 5.41) is 4.48. The predicted molar refractivity (Wildman–Crippen MR) is 174 cm³/mol. The number of rotatable bonds is 7. The molecule has 1 aliphatic rings. The van der Waals surface area contributed by atoms with Crippen LogP contribution in [0.2, 0.25) is 5.15 Å². The number of fused-ring (bicyclic) bond motifs is 1. The molecule has 3 heterocycles. The molecule has 1 saturated heterocycles. The number of carbonyl (C=O) groups excluding carboxylic acids is 1. The molecule has 1 N–H and O–H groups in total. The van der Waals surface area contributed by atoms with E-state index >= 15 is 0 Å². The Kier molecular flexibility index (Phi) is 8.10. The molecule has 224 valence electrons. The van der Waals surface area contributed by atoms with Crippen LogP contribution in [-0.2, 0) is 9.31 Å². The van der Waals surface area contributed by atoms with Crippen molar-refractivity contribution in [2.75, 3.05) is 5.32 Å². The van der Waals surface area contributed by atoms with Gasteiger partial charge in [-0.1, -0.05) is 49.7 Å². The minimum Gasteiger partial charge on any atom is -0.460 e. The van der Waals surface area contributed by atoms with Crippen LogP contribution >= 0.6 is 11.6 Å². The van der Waals surface area contributed by atoms with Gasteiger partial charge in [0.15, 0.2) is 5.43 Å². The smallest absolute Gasteiger partial charge is 0.460 e. The molecule has 7 nitrogen and oxygen atoms in total. The van der Waals surface area contributed by atoms with Crippen LogP contribution in [0.3, 0.4) is 0 Å². The summed E-state index contributed by atoms with van der Waals surface area (Å²) in [5.74, 6) is 0.753. The highest BCUT2D eigenvalue weighted by molar-refractivity contribution is 6.63. The number of aldehydes is 1. The molecule has 2 aromatic carbocycles. The monoisotopic (exact) mass is 600 g/mol. The maximum absolute atomic E-state index is 13.3. The van der Waals surface area contributed by atoms with E-state index in [0.29, 0.717) is 44.2 Å². The van der Waals surface area contributed by atoms with Gasteiger partial charge in [-0.2, -0.15) is 0 Å². The van der Waals surface area contributed by atoms with E-state index in [0.717, 1.165) is 28.7 Å². The SMILES string of the molecule is Cc1cc(C(C)Nc2ccc(Cl)nc2-c2ccc(C=O)c(B3OC(C)(C)C(C)(C)O3)c2)c2oc(C(C)C)c(C)c(=O)c2c1. The summed E-state index contributed by atoms with van der Waals surface area (Å²) in [6.07, 6.45) is 0.806. The van der Waals surface area contributed by atoms with E-state index in [1.54, 1.807) is 12.1 Å². The van der Waals surface area contributed by atoms with Crippen molar-refractivity contribution < 1.29 is 18.5 Å². The summed E-state index contributed by atoms with van der Waals surface area (Å²) in [5.41, 5.74) is 5.07. The Hall–Kier alpha value is -3.46. The summed E-state index contributed by atoms with van der Waals surface area (Å²) in [7, 11) is -0.722. The molecule has 43 heavy (non-hydrogen) atoms. The first-order chi connectivity index (χ1) is 20.1. The standard InChI is InChI=1S/C34H38BClN2O5/c1-18(2)31-20(4)30(40)25-15-19(3)14-24(32(25)41-31)21(5)37-27-12-13-28(36)38-29(27)22-10-11-23(17-39)26(16-22)35-42-33(6,7)34(8,9)43-35/h10-18,21,37H,1-9H3. The second-order valence-corrected chi connectivity index (χ2v) is 13.1. The predicted octanol–water partition coefficient (Wildman–Crippen LogP) is 7.53. The Morgan fingerprint density at radius 3 is 2.28 bits per heavy atom. The van der Waals surface area contributed by atoms with E-state index in [4.69, 9.17) is 25.3 Å². The first kappa shape index (κ1) is 31.0. The van der Waals surface area contributed by atoms with Crippen molar-refractivity contribution >= 4 is 47.1 Å². The molecular formula is C34H38BClN2O5. The van der Waals surface area contributed by atoms with Crippen LogP contribution in [0.15, 0.2) is 51.7 Å². The molecule has 0 amide bonds. The topological polar surface area (TPSA) is 90.7 Å². The van der Waals surface area contributed by atoms with Crippen molar-refractivity contribution in [2.45, 2.75) is 85.5 Å². The molecule has 1 unspecified atom stereocenters. The number of aromatic nitrogens is 1. The van der Waals surface area contributed by atoms with Crippen LogP contribution in [-0.4, -0.2) is 29.6 Å². The first-order valence-corrected chi connectivity index (χ1v) is 15.0. The molecule has 2 aromatic heterocycles. The fourth-order valence-electron chi connectivity index (χ4n) is 5.54. The van der Waals surface area contributed by atoms with Gasteiger partial charge in [0.05, 0.1) is 34.0 Å². The van der Waals surface area contributed by atoms with Gasteiger partial charge in [0.25, 0.3) is 0 Å². The quantitative estimate of drug-likeness (QED) is 0.133. The Labute approximate surface area is 258 Å². The second kappa shape index (κ2) is 11.2. The fourth-order valence-corrected chi connectivity index (χ4v) is 5.69. The molecule has 9 heteroatoms. The third-order valence-corrected chi connectivity index (χ3v) is 8.86. The van der Waals surface area contributed by atoms with Crippen LogP contribution in [0.4, 0.5) is 5.69 Å². The van der Waals surface area contributed by atoms with Crippen molar-refractivity contribution in [1.29, 1.82) is 0 Å². The van der Waals surface area contributed by atoms with Crippen molar-refractivity contribution in [3.8, 4) is 11.3 Å². The maximum atomic E-state index is 13.3. The van der Waals surface area contributed by atoms with Crippen LogP contribution in [0.5, 0.6) is 0 Å². The average molecular weight is 601 g/mol. The van der Waals surface area contributed by atoms with Crippen molar-refractivity contribution in [1.82, 2.24) is 4.98 Å². The molecule has 0 saturated carbocycles. The van der Waals surface area contributed by atoms with Gasteiger partial charge in [-0.3, -0.25) is 9.59 Å². The largest absolute Gasteiger partial charge is 0.495 e. The number of hydrogen-bond donors (Lipinski definition) is 1. The number of benzene rings is 2. The van der Waals surface area contributed by atoms with Crippen LogP contribution in [0.1, 0.15) is 93.2 Å². The lowest BCUT2D eigenvalue weighted by molar-refractivity contribution is 0.00578. The zero-order valence-electron chi connectivity index (χ0n) is 26.2. The van der Waals surface area contributed by atoms with Gasteiger partial charge in [-0.25, -0.2) is 4.98 Å². The molecule has 0 spiro atoms. The minimum absolute atomic E-state index is 0.0125. The maximum Gasteiger partial charge on any atom is 0.495 e. The van der Waals surface area contributed by atoms with Crippen molar-refractivity contribution in [3.05, 3.63) is 85.9 Å². The van der Waals surface area contributed by atoms with Crippen molar-refractivity contribution in [3.63, 3.8) is 0 Å². The number of halogens is 1. The first-order valence-electron chi connectivity index (χ1n) is 14.6. The summed E-state index contributed by atoms with van der Waals surface area (Å²) in [6.45, 7) is 17.8. The van der Waals surface area contributed by atoms with Gasteiger partial charge in [-0.05, 0) is 77.7 Å². The van der Waals surface area contributed by atoms with Gasteiger partial charge >= 0.3 is 7.12 Å². The minimum atomic E-state index is -0.722. The molecule has 0 bridgehead atoms. The number of aryl methyl sites for hydroxylation is 1. The van der Waals surface area contributed by atoms with E-state index in [-0.39, 0.29) is 17.4 Å². The molecule has 1 fully saturated rings. The Morgan fingerprint density at radius 2 is 1.65 bits per heavy atom. The third kappa shape index (κ3) is 5.64. The summed E-state index contributed by atoms with van der Waals surface area (Å²) < 4.78 is 19.0. The number of anilines is 1. The molecule has 4 aromatic rings. The van der Waals surface area contributed by atoms with Crippen LogP contribution in [0, 0.1) is 13.8 Å². The Morgan fingerprint density at radius 1 is 0.977 bits per heavy atom. The van der Waals surface area contributed by atoms with Crippen LogP contribution < -0.4 is 16.2 Å². The van der Waals surface area contributed by atoms with Crippen LogP contribution in [0.25, 0.3) is 22.2 Å². The molecular weight excluding hydrogens is 563 g/mol. The van der Waals surface area contributed by atoms with Gasteiger partial charge < -0.3 is 19.0 Å². The van der Waals surface area contributed by atoms with Crippen molar-refractivity contribution in [2.24, 2.45) is 0 Å². The highest BCUT2D eigenvalue weighted by atomic mass is 35.5. The number of carbonyl (C=O) groups is 1. The lowest BCUT2D eigenvalue weighted by Crippen LogP contribution is -2.41. The third-order valence-electron chi connectivity index (χ3n) is 8.65. The molecule has 1 aliphatic heterocycles. The van der Waals surface area contributed by atoms with E-state index in [9.17, 15) is 9.59 Å². The van der Waals surface area contributed by atoms with E-state index < -0.39 is 18.3 Å². The summed E-state index contributed by atoms with van der Waals surface area (Å²) >= 11 is 6.40. The second-order valence-electron chi connectivity index (χ2n) is 12.8. The normalized spacial score (nSPS) is 16.6. The number of pyridine rings is 1. The van der Waals surface area contributed by atoms with Gasteiger partial charge in [0.1, 0.15) is 22.8 Å². The Balaban J connectivity index is 1.59. The lowest BCUT2D eigenvalue weighted by atomic mass is 9.75. The van der Waals surface area contributed by atoms with E-state index in [1.165, 1.54) is 0 Å². The average Bonchev–Trinajstić information content (AvgIpc) is 3.17. The van der Waals surface area contributed by atoms with E-state index in [1.807, 2.05) is 92.6 Å². The summed E-state index contributed by atoms with van der Waals surface area (Å²) in [6, 6.07) is 12.7. The number of nitrogens with zero attached hydrogens (tertiary/aromatic N) is 1. The number of nitrogens with one attached hydrogen (secondary N) is 1.